The van der Waals surface area contributed by atoms with Crippen LogP contribution in [0.2, 0.25) is 30.5 Å². The van der Waals surface area contributed by atoms with E-state index in [2.05, 4.69) is 60.7 Å². The number of ether oxygens (including phenoxy) is 4. The SMILES string of the molecule is Clc1ccc(-c2nnc(CC[C@@H]3CCCO3)c3ccncc23)cc1.Clc1ccc(-c2nnc(CC[C@@H]3CCCO3)c3cnccc23)cc1.Clc1nnc(CC[C@@H]2CCCO2)c2ccncc12.Clc1nnc(Cl)c2cnccc12.NC[C@@H]1CCCO1.ON(O)c1ccc(Cl)cc1. The summed E-state index contributed by atoms with van der Waals surface area (Å²) in [7, 11) is 0. The number of hydrogen-bond donors (Lipinski definition) is 3. The fourth-order valence-electron chi connectivity index (χ4n) is 11.2. The first-order valence-corrected chi connectivity index (χ1v) is 33.6. The van der Waals surface area contributed by atoms with Crippen LogP contribution in [0.1, 0.15) is 87.7 Å². The number of aromatic nitrogens is 12. The molecule has 4 saturated heterocycles. The molecule has 8 aromatic heterocycles. The zero-order chi connectivity index (χ0) is 66.3. The summed E-state index contributed by atoms with van der Waals surface area (Å²) in [5.41, 5.74) is 12.3. The molecule has 0 unspecified atom stereocenters. The monoisotopic (exact) mass is 1400 g/mol. The highest BCUT2D eigenvalue weighted by Crippen LogP contribution is 2.32. The van der Waals surface area contributed by atoms with Gasteiger partial charge in [0, 0.05) is 152 Å². The third kappa shape index (κ3) is 20.2. The summed E-state index contributed by atoms with van der Waals surface area (Å²) >= 11 is 35.1. The fraction of sp³-hybridized carbons (Fsp3) is 0.333. The lowest BCUT2D eigenvalue weighted by Gasteiger charge is -2.11. The summed E-state index contributed by atoms with van der Waals surface area (Å²) in [5, 5.41) is 61.2. The Labute approximate surface area is 579 Å². The average molecular weight is 1400 g/mol. The van der Waals surface area contributed by atoms with E-state index in [1.807, 2.05) is 85.3 Å². The van der Waals surface area contributed by atoms with E-state index in [4.69, 9.17) is 105 Å². The van der Waals surface area contributed by atoms with Gasteiger partial charge in [0.15, 0.2) is 15.5 Å². The van der Waals surface area contributed by atoms with Crippen LogP contribution < -0.4 is 11.0 Å². The van der Waals surface area contributed by atoms with Gasteiger partial charge in [0.2, 0.25) is 0 Å². The van der Waals surface area contributed by atoms with Crippen LogP contribution in [-0.4, -0.2) is 129 Å². The Bertz CT molecular complexity index is 4030. The molecule has 95 heavy (non-hydrogen) atoms. The quantitative estimate of drug-likeness (QED) is 0.0906. The van der Waals surface area contributed by atoms with Crippen molar-refractivity contribution in [3.63, 3.8) is 0 Å². The van der Waals surface area contributed by atoms with Gasteiger partial charge in [-0.1, -0.05) is 93.9 Å². The number of halogens is 6. The van der Waals surface area contributed by atoms with E-state index in [1.54, 1.807) is 49.2 Å². The second-order valence-corrected chi connectivity index (χ2v) is 24.9. The second kappa shape index (κ2) is 36.3. The largest absolute Gasteiger partial charge is 0.378 e. The van der Waals surface area contributed by atoms with Crippen LogP contribution in [0, 0.1) is 0 Å². The number of hydrogen-bond acceptors (Lipinski definition) is 20. The van der Waals surface area contributed by atoms with E-state index >= 15 is 0 Å². The van der Waals surface area contributed by atoms with Gasteiger partial charge in [-0.3, -0.25) is 30.4 Å². The summed E-state index contributed by atoms with van der Waals surface area (Å²) < 4.78 is 22.2. The molecule has 0 amide bonds. The van der Waals surface area contributed by atoms with Crippen LogP contribution in [0.25, 0.3) is 65.6 Å². The number of benzene rings is 3. The zero-order valence-corrected chi connectivity index (χ0v) is 56.3. The molecule has 20 nitrogen and oxygen atoms in total. The molecule has 12 heterocycles. The number of pyridine rings is 4. The molecule has 4 atom stereocenters. The Hall–Kier alpha value is -7.12. The van der Waals surface area contributed by atoms with Crippen molar-refractivity contribution in [3.8, 4) is 22.5 Å². The Kier molecular flexibility index (Phi) is 27.0. The van der Waals surface area contributed by atoms with Crippen molar-refractivity contribution in [2.75, 3.05) is 38.2 Å². The van der Waals surface area contributed by atoms with Crippen molar-refractivity contribution in [3.05, 3.63) is 194 Å². The molecule has 0 spiro atoms. The smallest absolute Gasteiger partial charge is 0.161 e. The molecule has 26 heteroatoms. The van der Waals surface area contributed by atoms with Gasteiger partial charge in [0.1, 0.15) is 11.4 Å². The van der Waals surface area contributed by atoms with Crippen LogP contribution in [0.5, 0.6) is 0 Å². The Morgan fingerprint density at radius 1 is 0.368 bits per heavy atom. The Balaban J connectivity index is 0.000000130. The van der Waals surface area contributed by atoms with Crippen molar-refractivity contribution in [1.29, 1.82) is 0 Å². The molecule has 11 aromatic rings. The van der Waals surface area contributed by atoms with E-state index in [-0.39, 0.29) is 10.9 Å². The Morgan fingerprint density at radius 2 is 0.705 bits per heavy atom. The molecule has 0 saturated carbocycles. The van der Waals surface area contributed by atoms with E-state index in [1.165, 1.54) is 25.0 Å². The molecule has 4 aliphatic heterocycles. The number of nitrogens with zero attached hydrogens (tertiary/aromatic N) is 13. The fourth-order valence-corrected chi connectivity index (χ4v) is 12.1. The molecule has 0 bridgehead atoms. The van der Waals surface area contributed by atoms with Gasteiger partial charge in [-0.25, -0.2) is 0 Å². The summed E-state index contributed by atoms with van der Waals surface area (Å²) in [5.74, 6) is 0. The van der Waals surface area contributed by atoms with Crippen LogP contribution in [-0.2, 0) is 38.2 Å². The minimum atomic E-state index is 0.0380. The van der Waals surface area contributed by atoms with Crippen LogP contribution in [0.4, 0.5) is 5.69 Å². The van der Waals surface area contributed by atoms with Crippen molar-refractivity contribution in [2.24, 2.45) is 5.73 Å². The second-order valence-electron chi connectivity index (χ2n) is 22.6. The molecular weight excluding hydrogens is 1330 g/mol. The standard InChI is InChI=1S/2C19H18ClN3O.C13H14ClN3O.C7H3Cl2N3.C6H6ClNO2.C5H11NO/c20-14-5-3-13(4-6-14)19-16-9-10-21-12-17(16)18(22-23-19)8-7-15-2-1-11-24-15;20-14-5-3-13(4-6-14)19-17-12-21-10-9-16(17)18(22-23-19)8-7-15-2-1-11-24-15;14-13-11-8-15-6-5-10(11)12(16-17-13)4-3-9-2-1-7-18-9;8-6-4-1-2-10-3-5(4)7(9)12-11-6;7-5-1-3-6(4-2-5)8(9)10;6-4-5-2-1-3-7-5/h2*3-6,9-10,12,15H,1-2,7-8,11H2;5-6,8-9H,1-4,7H2;1-3H;1-4,9-10H;5H,1-4,6H2/t2*15-;9-;;;5-/m000..0/s1. The van der Waals surface area contributed by atoms with Crippen molar-refractivity contribution in [2.45, 2.75) is 114 Å². The van der Waals surface area contributed by atoms with E-state index in [9.17, 15) is 0 Å². The molecule has 4 N–H and O–H groups in total. The Morgan fingerprint density at radius 3 is 1.12 bits per heavy atom. The van der Waals surface area contributed by atoms with Crippen LogP contribution in [0.3, 0.4) is 0 Å². The normalized spacial score (nSPS) is 17.1. The lowest BCUT2D eigenvalue weighted by molar-refractivity contribution is 0.0291. The molecule has 0 radical (unpaired) electrons. The molecule has 15 rings (SSSR count). The number of fused-ring (bicyclic) bond motifs is 4. The number of aryl methyl sites for hydroxylation is 3. The molecule has 494 valence electrons. The maximum absolute atomic E-state index is 8.46. The minimum absolute atomic E-state index is 0.0380. The maximum atomic E-state index is 8.46. The van der Waals surface area contributed by atoms with Crippen LogP contribution in [0.15, 0.2) is 147 Å². The van der Waals surface area contributed by atoms with Gasteiger partial charge >= 0.3 is 0 Å². The molecule has 0 aliphatic carbocycles. The first kappa shape index (κ1) is 70.7. The molecule has 3 aromatic carbocycles. The highest BCUT2D eigenvalue weighted by Gasteiger charge is 2.21. The molecule has 4 aliphatic rings. The summed E-state index contributed by atoms with van der Waals surface area (Å²) in [6.45, 7) is 4.27. The zero-order valence-electron chi connectivity index (χ0n) is 51.8. The van der Waals surface area contributed by atoms with Gasteiger partial charge in [-0.15, -0.1) is 30.7 Å². The number of rotatable bonds is 13. The predicted octanol–water partition coefficient (Wildman–Crippen LogP) is 16.1. The summed E-state index contributed by atoms with van der Waals surface area (Å²) in [4.78, 5) is 16.5. The summed E-state index contributed by atoms with van der Waals surface area (Å²) in [6.07, 6.45) is 30.4. The third-order valence-electron chi connectivity index (χ3n) is 16.2. The lowest BCUT2D eigenvalue weighted by Crippen LogP contribution is -2.17. The van der Waals surface area contributed by atoms with Crippen molar-refractivity contribution >= 4 is 118 Å². The third-order valence-corrected chi connectivity index (χ3v) is 17.8. The van der Waals surface area contributed by atoms with E-state index < -0.39 is 0 Å². The topological polar surface area (TPSA) is 261 Å². The van der Waals surface area contributed by atoms with Gasteiger partial charge in [0.25, 0.3) is 0 Å². The number of nitrogens with two attached hydrogens (primary N) is 1. The molecular formula is C69H70Cl6N14O6. The predicted molar refractivity (Wildman–Crippen MR) is 373 cm³/mol. The minimum Gasteiger partial charge on any atom is -0.378 e. The lowest BCUT2D eigenvalue weighted by atomic mass is 10.0. The highest BCUT2D eigenvalue weighted by molar-refractivity contribution is 6.38. The summed E-state index contributed by atoms with van der Waals surface area (Å²) in [6, 6.07) is 29.2. The average Bonchev–Trinajstić information content (AvgIpc) is 1.82. The van der Waals surface area contributed by atoms with Gasteiger partial charge in [0.05, 0.1) is 47.2 Å². The first-order valence-electron chi connectivity index (χ1n) is 31.4. The van der Waals surface area contributed by atoms with E-state index in [0.29, 0.717) is 61.5 Å². The number of anilines is 1. The van der Waals surface area contributed by atoms with Gasteiger partial charge in [-0.2, -0.15) is 15.3 Å². The van der Waals surface area contributed by atoms with Crippen molar-refractivity contribution in [1.82, 2.24) is 60.7 Å². The maximum Gasteiger partial charge on any atom is 0.161 e. The van der Waals surface area contributed by atoms with Gasteiger partial charge in [-0.05, 0) is 163 Å². The highest BCUT2D eigenvalue weighted by atomic mass is 35.5. The first-order chi connectivity index (χ1) is 46.4. The molecule has 4 fully saturated rings. The van der Waals surface area contributed by atoms with Crippen LogP contribution >= 0.6 is 69.6 Å². The van der Waals surface area contributed by atoms with Gasteiger partial charge < -0.3 is 24.7 Å². The van der Waals surface area contributed by atoms with E-state index in [0.717, 1.165) is 186 Å². The van der Waals surface area contributed by atoms with Crippen molar-refractivity contribution < 1.29 is 29.4 Å².